The molecule has 0 unspecified atom stereocenters. The van der Waals surface area contributed by atoms with Crippen LogP contribution in [0.4, 0.5) is 0 Å². The number of carbonyl (C=O) groups excluding carboxylic acids is 1. The fourth-order valence-corrected chi connectivity index (χ4v) is 1.66. The van der Waals surface area contributed by atoms with Gasteiger partial charge in [-0.15, -0.1) is 0 Å². The molecule has 0 saturated heterocycles. The molecule has 20 heavy (non-hydrogen) atoms. The van der Waals surface area contributed by atoms with Crippen LogP contribution in [0.1, 0.15) is 18.4 Å². The molecular formula is C14H20O6. The molecule has 0 amide bonds. The zero-order valence-electron chi connectivity index (χ0n) is 12.0. The van der Waals surface area contributed by atoms with Gasteiger partial charge in [0.05, 0.1) is 34.5 Å². The molecular weight excluding hydrogens is 264 g/mol. The van der Waals surface area contributed by atoms with E-state index in [1.165, 1.54) is 21.3 Å². The number of rotatable bonds is 8. The van der Waals surface area contributed by atoms with Gasteiger partial charge >= 0.3 is 5.97 Å². The average Bonchev–Trinajstić information content (AvgIpc) is 2.50. The Hall–Kier alpha value is -1.95. The maximum absolute atomic E-state index is 11.0. The molecule has 0 saturated carbocycles. The van der Waals surface area contributed by atoms with Gasteiger partial charge in [0.1, 0.15) is 0 Å². The van der Waals surface area contributed by atoms with E-state index in [4.69, 9.17) is 19.3 Å². The average molecular weight is 284 g/mol. The largest absolute Gasteiger partial charge is 0.493 e. The Balaban J connectivity index is 2.74. The lowest BCUT2D eigenvalue weighted by Crippen LogP contribution is -2.06. The summed E-state index contributed by atoms with van der Waals surface area (Å²) in [6, 6.07) is 3.36. The maximum atomic E-state index is 11.0. The second-order valence-corrected chi connectivity index (χ2v) is 4.02. The second-order valence-electron chi connectivity index (χ2n) is 4.02. The minimum absolute atomic E-state index is 0.116. The standard InChI is InChI=1S/C14H20O6/c1-17-11-7-10(9-15)8-12(18-2)14(11)20-6-4-5-13(16)19-3/h7-8,15H,4-6,9H2,1-3H3. The van der Waals surface area contributed by atoms with Crippen molar-refractivity contribution >= 4 is 5.97 Å². The van der Waals surface area contributed by atoms with Crippen molar-refractivity contribution in [2.45, 2.75) is 19.4 Å². The number of hydrogen-bond donors (Lipinski definition) is 1. The van der Waals surface area contributed by atoms with Crippen LogP contribution in [0.25, 0.3) is 0 Å². The number of benzene rings is 1. The summed E-state index contributed by atoms with van der Waals surface area (Å²) in [5, 5.41) is 9.17. The van der Waals surface area contributed by atoms with Crippen LogP contribution in [0.3, 0.4) is 0 Å². The lowest BCUT2D eigenvalue weighted by atomic mass is 10.2. The maximum Gasteiger partial charge on any atom is 0.305 e. The minimum atomic E-state index is -0.275. The molecule has 1 aromatic rings. The highest BCUT2D eigenvalue weighted by Gasteiger charge is 2.14. The van der Waals surface area contributed by atoms with Crippen molar-refractivity contribution in [1.29, 1.82) is 0 Å². The predicted molar refractivity (Wildman–Crippen MR) is 72.2 cm³/mol. The molecule has 0 spiro atoms. The Kier molecular flexibility index (Phi) is 6.66. The van der Waals surface area contributed by atoms with Crippen LogP contribution in [0, 0.1) is 0 Å². The highest BCUT2D eigenvalue weighted by molar-refractivity contribution is 5.69. The summed E-state index contributed by atoms with van der Waals surface area (Å²) in [6.07, 6.45) is 0.816. The molecule has 0 aliphatic carbocycles. The first kappa shape index (κ1) is 16.1. The summed E-state index contributed by atoms with van der Waals surface area (Å²) in [7, 11) is 4.37. The molecule has 0 radical (unpaired) electrons. The van der Waals surface area contributed by atoms with E-state index in [1.54, 1.807) is 12.1 Å². The number of aliphatic hydroxyl groups is 1. The molecule has 0 aliphatic rings. The quantitative estimate of drug-likeness (QED) is 0.576. The normalized spacial score (nSPS) is 10.0. The first-order chi connectivity index (χ1) is 9.65. The molecule has 0 aliphatic heterocycles. The van der Waals surface area contributed by atoms with Crippen LogP contribution in [0.2, 0.25) is 0 Å². The monoisotopic (exact) mass is 284 g/mol. The molecule has 1 aromatic carbocycles. The van der Waals surface area contributed by atoms with E-state index in [2.05, 4.69) is 4.74 Å². The molecule has 1 rings (SSSR count). The number of hydrogen-bond acceptors (Lipinski definition) is 6. The van der Waals surface area contributed by atoms with E-state index in [-0.39, 0.29) is 19.0 Å². The lowest BCUT2D eigenvalue weighted by molar-refractivity contribution is -0.140. The molecule has 0 heterocycles. The third-order valence-electron chi connectivity index (χ3n) is 2.70. The van der Waals surface area contributed by atoms with E-state index < -0.39 is 0 Å². The number of esters is 1. The van der Waals surface area contributed by atoms with Gasteiger partial charge in [0.25, 0.3) is 0 Å². The zero-order chi connectivity index (χ0) is 15.0. The molecule has 0 fully saturated rings. The molecule has 0 atom stereocenters. The highest BCUT2D eigenvalue weighted by Crippen LogP contribution is 2.38. The van der Waals surface area contributed by atoms with Gasteiger partial charge in [0, 0.05) is 6.42 Å². The van der Waals surface area contributed by atoms with Crippen molar-refractivity contribution in [1.82, 2.24) is 0 Å². The summed E-state index contributed by atoms with van der Waals surface area (Å²) in [4.78, 5) is 11.0. The van der Waals surface area contributed by atoms with Gasteiger partial charge in [0.15, 0.2) is 11.5 Å². The Bertz CT molecular complexity index is 418. The molecule has 0 aromatic heterocycles. The fraction of sp³-hybridized carbons (Fsp3) is 0.500. The van der Waals surface area contributed by atoms with E-state index in [0.717, 1.165) is 0 Å². The molecule has 112 valence electrons. The summed E-state index contributed by atoms with van der Waals surface area (Å²) in [5.74, 6) is 1.14. The topological polar surface area (TPSA) is 74.2 Å². The van der Waals surface area contributed by atoms with E-state index in [9.17, 15) is 4.79 Å². The first-order valence-corrected chi connectivity index (χ1v) is 6.21. The van der Waals surface area contributed by atoms with Crippen LogP contribution in [0.15, 0.2) is 12.1 Å². The third kappa shape index (κ3) is 4.31. The van der Waals surface area contributed by atoms with Crippen molar-refractivity contribution in [3.63, 3.8) is 0 Å². The van der Waals surface area contributed by atoms with E-state index in [0.29, 0.717) is 35.8 Å². The lowest BCUT2D eigenvalue weighted by Gasteiger charge is -2.15. The van der Waals surface area contributed by atoms with Crippen LogP contribution in [-0.4, -0.2) is 39.0 Å². The summed E-state index contributed by atoms with van der Waals surface area (Å²) < 4.78 is 20.6. The third-order valence-corrected chi connectivity index (χ3v) is 2.70. The number of carbonyl (C=O) groups is 1. The summed E-state index contributed by atoms with van der Waals surface area (Å²) >= 11 is 0. The van der Waals surface area contributed by atoms with Crippen molar-refractivity contribution in [2.24, 2.45) is 0 Å². The van der Waals surface area contributed by atoms with Gasteiger partial charge < -0.3 is 24.1 Å². The molecule has 6 nitrogen and oxygen atoms in total. The second kappa shape index (κ2) is 8.27. The number of methoxy groups -OCH3 is 3. The van der Waals surface area contributed by atoms with Crippen LogP contribution >= 0.6 is 0 Å². The zero-order valence-corrected chi connectivity index (χ0v) is 12.0. The van der Waals surface area contributed by atoms with Crippen molar-refractivity contribution in [3.8, 4) is 17.2 Å². The van der Waals surface area contributed by atoms with Gasteiger partial charge in [-0.25, -0.2) is 0 Å². The molecule has 1 N–H and O–H groups in total. The van der Waals surface area contributed by atoms with Gasteiger partial charge in [-0.05, 0) is 24.1 Å². The van der Waals surface area contributed by atoms with Gasteiger partial charge in [0.2, 0.25) is 5.75 Å². The Morgan fingerprint density at radius 3 is 2.20 bits per heavy atom. The fourth-order valence-electron chi connectivity index (χ4n) is 1.66. The molecule has 0 bridgehead atoms. The first-order valence-electron chi connectivity index (χ1n) is 6.21. The van der Waals surface area contributed by atoms with Crippen molar-refractivity contribution in [3.05, 3.63) is 17.7 Å². The number of aliphatic hydroxyl groups excluding tert-OH is 1. The Morgan fingerprint density at radius 1 is 1.15 bits per heavy atom. The van der Waals surface area contributed by atoms with Crippen molar-refractivity contribution in [2.75, 3.05) is 27.9 Å². The Morgan fingerprint density at radius 2 is 1.75 bits per heavy atom. The smallest absolute Gasteiger partial charge is 0.305 e. The van der Waals surface area contributed by atoms with E-state index >= 15 is 0 Å². The van der Waals surface area contributed by atoms with E-state index in [1.807, 2.05) is 0 Å². The van der Waals surface area contributed by atoms with Crippen molar-refractivity contribution < 1.29 is 28.8 Å². The minimum Gasteiger partial charge on any atom is -0.493 e. The van der Waals surface area contributed by atoms with Gasteiger partial charge in [-0.2, -0.15) is 0 Å². The highest BCUT2D eigenvalue weighted by atomic mass is 16.5. The SMILES string of the molecule is COC(=O)CCCOc1c(OC)cc(CO)cc1OC. The van der Waals surface area contributed by atoms with Crippen LogP contribution < -0.4 is 14.2 Å². The summed E-state index contributed by atoms with van der Waals surface area (Å²) in [5.41, 5.74) is 0.667. The van der Waals surface area contributed by atoms with Crippen LogP contribution in [-0.2, 0) is 16.1 Å². The predicted octanol–water partition coefficient (Wildman–Crippen LogP) is 1.53. The Labute approximate surface area is 118 Å². The summed E-state index contributed by atoms with van der Waals surface area (Å²) in [6.45, 7) is 0.218. The van der Waals surface area contributed by atoms with Gasteiger partial charge in [-0.3, -0.25) is 4.79 Å². The number of ether oxygens (including phenoxy) is 4. The van der Waals surface area contributed by atoms with Gasteiger partial charge in [-0.1, -0.05) is 0 Å². The van der Waals surface area contributed by atoms with Crippen LogP contribution in [0.5, 0.6) is 17.2 Å². The molecule has 6 heteroatoms.